The lowest BCUT2D eigenvalue weighted by molar-refractivity contribution is 0.0991. The first kappa shape index (κ1) is 12.4. The fourth-order valence-corrected chi connectivity index (χ4v) is 2.75. The first-order valence-electron chi connectivity index (χ1n) is 6.92. The van der Waals surface area contributed by atoms with Crippen LogP contribution < -0.4 is 5.32 Å². The van der Waals surface area contributed by atoms with Crippen molar-refractivity contribution in [2.45, 2.75) is 39.7 Å². The second-order valence-electron chi connectivity index (χ2n) is 5.71. The Kier molecular flexibility index (Phi) is 2.94. The van der Waals surface area contributed by atoms with Crippen LogP contribution in [0.1, 0.15) is 40.0 Å². The van der Waals surface area contributed by atoms with Gasteiger partial charge in [0, 0.05) is 28.2 Å². The number of Topliss-reactive ketones (excluding diaryl/α,β-unsaturated/α-hetero) is 1. The Balaban J connectivity index is 2.01. The Labute approximate surface area is 113 Å². The third kappa shape index (κ3) is 2.30. The quantitative estimate of drug-likeness (QED) is 0.826. The number of benzene rings is 1. The molecule has 0 amide bonds. The fourth-order valence-electron chi connectivity index (χ4n) is 2.75. The number of ketones is 1. The third-order valence-corrected chi connectivity index (χ3v) is 3.84. The van der Waals surface area contributed by atoms with Gasteiger partial charge in [-0.15, -0.1) is 0 Å². The van der Waals surface area contributed by atoms with Gasteiger partial charge in [0.15, 0.2) is 5.78 Å². The highest BCUT2D eigenvalue weighted by Gasteiger charge is 2.23. The number of aromatic nitrogens is 1. The second kappa shape index (κ2) is 4.49. The predicted octanol–water partition coefficient (Wildman–Crippen LogP) is 3.03. The molecule has 1 aliphatic carbocycles. The van der Waals surface area contributed by atoms with E-state index in [9.17, 15) is 4.79 Å². The van der Waals surface area contributed by atoms with Crippen molar-refractivity contribution >= 4 is 16.7 Å². The highest BCUT2D eigenvalue weighted by molar-refractivity contribution is 6.10. The molecule has 100 valence electrons. The summed E-state index contributed by atoms with van der Waals surface area (Å²) in [5, 5.41) is 4.37. The van der Waals surface area contributed by atoms with Gasteiger partial charge in [-0.1, -0.05) is 11.6 Å². The van der Waals surface area contributed by atoms with Gasteiger partial charge in [-0.25, -0.2) is 0 Å². The minimum Gasteiger partial charge on any atom is -0.358 e. The predicted molar refractivity (Wildman–Crippen MR) is 77.9 cm³/mol. The number of H-pyrrole nitrogens is 1. The summed E-state index contributed by atoms with van der Waals surface area (Å²) < 4.78 is 0. The first-order valence-corrected chi connectivity index (χ1v) is 6.92. The Morgan fingerprint density at radius 1 is 1.32 bits per heavy atom. The third-order valence-electron chi connectivity index (χ3n) is 3.84. The van der Waals surface area contributed by atoms with Crippen LogP contribution in [0.2, 0.25) is 0 Å². The lowest BCUT2D eigenvalue weighted by Crippen LogP contribution is -2.25. The van der Waals surface area contributed by atoms with Gasteiger partial charge >= 0.3 is 0 Å². The minimum atomic E-state index is 0.195. The molecule has 3 nitrogen and oxygen atoms in total. The van der Waals surface area contributed by atoms with Gasteiger partial charge in [0.1, 0.15) is 0 Å². The molecule has 0 atom stereocenters. The van der Waals surface area contributed by atoms with Crippen LogP contribution >= 0.6 is 0 Å². The Bertz CT molecular complexity index is 650. The van der Waals surface area contributed by atoms with E-state index in [2.05, 4.69) is 36.3 Å². The van der Waals surface area contributed by atoms with Crippen molar-refractivity contribution in [3.05, 3.63) is 34.5 Å². The molecule has 1 aromatic heterocycles. The average molecular weight is 256 g/mol. The van der Waals surface area contributed by atoms with Gasteiger partial charge < -0.3 is 10.3 Å². The van der Waals surface area contributed by atoms with Crippen molar-refractivity contribution in [3.63, 3.8) is 0 Å². The molecule has 1 saturated carbocycles. The number of hydrogen-bond acceptors (Lipinski definition) is 2. The van der Waals surface area contributed by atoms with Gasteiger partial charge in [0.25, 0.3) is 0 Å². The van der Waals surface area contributed by atoms with E-state index in [-0.39, 0.29) is 5.78 Å². The molecule has 3 rings (SSSR count). The second-order valence-corrected chi connectivity index (χ2v) is 5.71. The van der Waals surface area contributed by atoms with E-state index in [1.807, 2.05) is 6.92 Å². The van der Waals surface area contributed by atoms with Crippen LogP contribution in [0.4, 0.5) is 0 Å². The van der Waals surface area contributed by atoms with Crippen LogP contribution in [0, 0.1) is 20.8 Å². The maximum absolute atomic E-state index is 12.4. The molecule has 2 aromatic rings. The van der Waals surface area contributed by atoms with E-state index in [0.717, 1.165) is 22.2 Å². The van der Waals surface area contributed by atoms with E-state index in [0.29, 0.717) is 12.6 Å². The molecule has 0 spiro atoms. The normalized spacial score (nSPS) is 15.1. The number of hydrogen-bond donors (Lipinski definition) is 2. The van der Waals surface area contributed by atoms with Crippen LogP contribution in [0.5, 0.6) is 0 Å². The van der Waals surface area contributed by atoms with Crippen molar-refractivity contribution < 1.29 is 4.79 Å². The first-order chi connectivity index (χ1) is 9.06. The summed E-state index contributed by atoms with van der Waals surface area (Å²) >= 11 is 0. The molecular weight excluding hydrogens is 236 g/mol. The van der Waals surface area contributed by atoms with Crippen molar-refractivity contribution in [1.82, 2.24) is 10.3 Å². The molecule has 0 radical (unpaired) electrons. The SMILES string of the molecule is Cc1cc(C)c2[nH]c(C)c(C(=O)CNC3CC3)c2c1. The van der Waals surface area contributed by atoms with E-state index in [1.54, 1.807) is 0 Å². The van der Waals surface area contributed by atoms with Gasteiger partial charge in [-0.2, -0.15) is 0 Å². The molecule has 3 heteroatoms. The van der Waals surface area contributed by atoms with E-state index >= 15 is 0 Å². The van der Waals surface area contributed by atoms with E-state index < -0.39 is 0 Å². The number of aromatic amines is 1. The molecule has 0 saturated heterocycles. The van der Waals surface area contributed by atoms with Gasteiger partial charge in [-0.3, -0.25) is 4.79 Å². The summed E-state index contributed by atoms with van der Waals surface area (Å²) in [6, 6.07) is 4.82. The molecule has 1 aliphatic rings. The Morgan fingerprint density at radius 2 is 2.05 bits per heavy atom. The molecule has 1 fully saturated rings. The van der Waals surface area contributed by atoms with Crippen LogP contribution in [-0.2, 0) is 0 Å². The standard InChI is InChI=1S/C16H20N2O/c1-9-6-10(2)16-13(7-9)15(11(3)18-16)14(19)8-17-12-4-5-12/h6-7,12,17-18H,4-5,8H2,1-3H3. The molecule has 0 aliphatic heterocycles. The highest BCUT2D eigenvalue weighted by atomic mass is 16.1. The molecule has 0 bridgehead atoms. The fraction of sp³-hybridized carbons (Fsp3) is 0.438. The van der Waals surface area contributed by atoms with Crippen LogP contribution in [-0.4, -0.2) is 23.4 Å². The molecule has 2 N–H and O–H groups in total. The smallest absolute Gasteiger partial charge is 0.179 e. The Hall–Kier alpha value is -1.61. The Morgan fingerprint density at radius 3 is 2.74 bits per heavy atom. The molecular formula is C16H20N2O. The maximum Gasteiger partial charge on any atom is 0.179 e. The van der Waals surface area contributed by atoms with Gasteiger partial charge in [0.05, 0.1) is 6.54 Å². The number of fused-ring (bicyclic) bond motifs is 1. The summed E-state index contributed by atoms with van der Waals surface area (Å²) in [6.07, 6.45) is 2.41. The van der Waals surface area contributed by atoms with Crippen LogP contribution in [0.3, 0.4) is 0 Å². The average Bonchev–Trinajstić information content (AvgIpc) is 3.10. The molecule has 1 heterocycles. The minimum absolute atomic E-state index is 0.195. The zero-order chi connectivity index (χ0) is 13.6. The highest BCUT2D eigenvalue weighted by Crippen LogP contribution is 2.27. The zero-order valence-corrected chi connectivity index (χ0v) is 11.8. The monoisotopic (exact) mass is 256 g/mol. The van der Waals surface area contributed by atoms with Gasteiger partial charge in [-0.05, 0) is 45.2 Å². The number of nitrogens with one attached hydrogen (secondary N) is 2. The summed E-state index contributed by atoms with van der Waals surface area (Å²) in [6.45, 7) is 6.60. The van der Waals surface area contributed by atoms with Gasteiger partial charge in [0.2, 0.25) is 0 Å². The lowest BCUT2D eigenvalue weighted by atomic mass is 10.0. The van der Waals surface area contributed by atoms with Crippen molar-refractivity contribution in [1.29, 1.82) is 0 Å². The van der Waals surface area contributed by atoms with Crippen molar-refractivity contribution in [2.75, 3.05) is 6.54 Å². The summed E-state index contributed by atoms with van der Waals surface area (Å²) in [5.41, 5.74) is 5.33. The maximum atomic E-state index is 12.4. The largest absolute Gasteiger partial charge is 0.358 e. The van der Waals surface area contributed by atoms with E-state index in [1.165, 1.54) is 24.0 Å². The van der Waals surface area contributed by atoms with E-state index in [4.69, 9.17) is 0 Å². The number of rotatable bonds is 4. The number of aryl methyl sites for hydroxylation is 3. The molecule has 1 aromatic carbocycles. The number of carbonyl (C=O) groups excluding carboxylic acids is 1. The van der Waals surface area contributed by atoms with Crippen LogP contribution in [0.15, 0.2) is 12.1 Å². The lowest BCUT2D eigenvalue weighted by Gasteiger charge is -2.04. The van der Waals surface area contributed by atoms with Crippen molar-refractivity contribution in [2.24, 2.45) is 0 Å². The summed E-state index contributed by atoms with van der Waals surface area (Å²) in [4.78, 5) is 15.8. The molecule has 0 unspecified atom stereocenters. The molecule has 19 heavy (non-hydrogen) atoms. The topological polar surface area (TPSA) is 44.9 Å². The number of carbonyl (C=O) groups is 1. The zero-order valence-electron chi connectivity index (χ0n) is 11.8. The van der Waals surface area contributed by atoms with Crippen molar-refractivity contribution in [3.8, 4) is 0 Å². The van der Waals surface area contributed by atoms with Crippen LogP contribution in [0.25, 0.3) is 10.9 Å². The summed E-state index contributed by atoms with van der Waals surface area (Å²) in [5.74, 6) is 0.195. The summed E-state index contributed by atoms with van der Waals surface area (Å²) in [7, 11) is 0.